The number of halogens is 3. The zero-order chi connectivity index (χ0) is 27.4. The highest BCUT2D eigenvalue weighted by molar-refractivity contribution is 9.10. The van der Waals surface area contributed by atoms with Crippen LogP contribution < -0.4 is 10.5 Å². The Morgan fingerprint density at radius 3 is 2.49 bits per heavy atom. The molecule has 0 saturated heterocycles. The molecule has 0 unspecified atom stereocenters. The molecule has 0 aliphatic rings. The van der Waals surface area contributed by atoms with Crippen molar-refractivity contribution in [2.24, 2.45) is 5.14 Å². The van der Waals surface area contributed by atoms with E-state index < -0.39 is 5.60 Å². The maximum Gasteiger partial charge on any atom is 0.407 e. The fourth-order valence-corrected chi connectivity index (χ4v) is 4.13. The van der Waals surface area contributed by atoms with E-state index in [1.807, 2.05) is 39.0 Å². The number of carbonyl (C=O) groups excluding carboxylic acids is 1. The van der Waals surface area contributed by atoms with Crippen LogP contribution in [0.5, 0.6) is 0 Å². The van der Waals surface area contributed by atoms with Crippen molar-refractivity contribution in [3.63, 3.8) is 0 Å². The monoisotopic (exact) mass is 612 g/mol. The number of hydrogen-bond donors (Lipinski definition) is 4. The van der Waals surface area contributed by atoms with Gasteiger partial charge in [-0.15, -0.1) is 12.8 Å². The minimum Gasteiger partial charge on any atom is -0.444 e. The summed E-state index contributed by atoms with van der Waals surface area (Å²) in [5, 5.41) is 7.74. The molecule has 0 saturated carbocycles. The predicted octanol–water partition coefficient (Wildman–Crippen LogP) is 8.11. The summed E-state index contributed by atoms with van der Waals surface area (Å²) >= 11 is 12.7. The number of aryl methyl sites for hydroxylation is 1. The second-order valence-electron chi connectivity index (χ2n) is 9.53. The molecule has 0 radical (unpaired) electrons. The average Bonchev–Trinajstić information content (AvgIpc) is 3.34. The third-order valence-electron chi connectivity index (χ3n) is 5.42. The van der Waals surface area contributed by atoms with Crippen molar-refractivity contribution in [1.82, 2.24) is 15.3 Å². The van der Waals surface area contributed by atoms with Gasteiger partial charge in [-0.25, -0.2) is 14.2 Å². The lowest BCUT2D eigenvalue weighted by molar-refractivity contribution is 0.0527. The number of ether oxygens (including phenoxy) is 1. The highest BCUT2D eigenvalue weighted by atomic mass is 79.9. The number of carbonyl (C=O) groups is 1. The highest BCUT2D eigenvalue weighted by Crippen LogP contribution is 2.28. The van der Waals surface area contributed by atoms with E-state index in [1.165, 1.54) is 6.07 Å². The first kappa shape index (κ1) is 31.1. The summed E-state index contributed by atoms with van der Waals surface area (Å²) in [6.45, 7) is 6.19. The fraction of sp³-hybridized carbons (Fsp3) is 0.407. The first-order valence-electron chi connectivity index (χ1n) is 12.1. The number of alkyl carbamates (subject to hydrolysis) is 1. The van der Waals surface area contributed by atoms with E-state index in [2.05, 4.69) is 55.2 Å². The maximum absolute atomic E-state index is 13.9. The van der Waals surface area contributed by atoms with Crippen LogP contribution in [0.15, 0.2) is 47.1 Å². The molecule has 0 aliphatic carbocycles. The third-order valence-corrected chi connectivity index (χ3v) is 6.43. The molecule has 202 valence electrons. The lowest BCUT2D eigenvalue weighted by atomic mass is 10.0. The van der Waals surface area contributed by atoms with E-state index in [-0.39, 0.29) is 11.9 Å². The molecule has 0 spiro atoms. The summed E-state index contributed by atoms with van der Waals surface area (Å²) in [6.07, 6.45) is 7.43. The number of rotatable bonds is 10. The molecular formula is C27H35BrClFN4O2S. The molecule has 2 aromatic carbocycles. The van der Waals surface area contributed by atoms with Crippen molar-refractivity contribution in [2.45, 2.75) is 64.9 Å². The number of amides is 1. The number of nitrogens with two attached hydrogens (primary N) is 1. The summed E-state index contributed by atoms with van der Waals surface area (Å²) in [6, 6.07) is 10.9. The number of aromatic amines is 1. The van der Waals surface area contributed by atoms with Crippen LogP contribution in [0.1, 0.15) is 58.4 Å². The standard InChI is InChI=1S/C27H32BrClFN3O2.H3NS/c1-27(2,3)35-26(34)31-14-8-6-4-5-7-9-18-15-20(11-13-22(18)29)25-32-17-24(33-25)19-10-12-21(28)23(30)16-19;1-2/h10-13,15-17H,4-9,14H2,1-3H3,(H,31,34)(H,32,33);2H,1H2. The second-order valence-corrected chi connectivity index (χ2v) is 10.8. The molecule has 0 aliphatic heterocycles. The number of H-pyrrole nitrogens is 1. The molecule has 1 heterocycles. The van der Waals surface area contributed by atoms with Gasteiger partial charge in [-0.1, -0.05) is 36.9 Å². The van der Waals surface area contributed by atoms with Crippen LogP contribution in [0.2, 0.25) is 5.02 Å². The van der Waals surface area contributed by atoms with E-state index in [0.29, 0.717) is 11.0 Å². The van der Waals surface area contributed by atoms with Crippen molar-refractivity contribution < 1.29 is 13.9 Å². The zero-order valence-electron chi connectivity index (χ0n) is 21.4. The molecule has 10 heteroatoms. The Kier molecular flexibility index (Phi) is 12.9. The molecule has 1 aromatic heterocycles. The van der Waals surface area contributed by atoms with Crippen molar-refractivity contribution in [2.75, 3.05) is 6.54 Å². The Labute approximate surface area is 237 Å². The number of aromatic nitrogens is 2. The molecular weight excluding hydrogens is 579 g/mol. The predicted molar refractivity (Wildman–Crippen MR) is 156 cm³/mol. The van der Waals surface area contributed by atoms with Crippen LogP contribution in [0.4, 0.5) is 9.18 Å². The van der Waals surface area contributed by atoms with E-state index in [0.717, 1.165) is 71.8 Å². The van der Waals surface area contributed by atoms with E-state index in [4.69, 9.17) is 16.3 Å². The molecule has 3 rings (SSSR count). The third kappa shape index (κ3) is 10.7. The Morgan fingerprint density at radius 1 is 1.11 bits per heavy atom. The summed E-state index contributed by atoms with van der Waals surface area (Å²) in [4.78, 5) is 19.4. The van der Waals surface area contributed by atoms with Crippen LogP contribution >= 0.6 is 40.3 Å². The average molecular weight is 614 g/mol. The highest BCUT2D eigenvalue weighted by Gasteiger charge is 2.15. The molecule has 37 heavy (non-hydrogen) atoms. The van der Waals surface area contributed by atoms with Gasteiger partial charge in [-0.3, -0.25) is 5.14 Å². The largest absolute Gasteiger partial charge is 0.444 e. The van der Waals surface area contributed by atoms with Crippen molar-refractivity contribution in [3.05, 3.63) is 63.5 Å². The smallest absolute Gasteiger partial charge is 0.407 e. The SMILES string of the molecule is CC(C)(C)OC(=O)NCCCCCCCc1cc(-c2ncc(-c3ccc(Br)c(F)c3)[nH]2)ccc1Cl.NS. The summed E-state index contributed by atoms with van der Waals surface area (Å²) in [7, 11) is 0. The number of benzene rings is 2. The number of unbranched alkanes of at least 4 members (excludes halogenated alkanes) is 4. The number of nitrogens with zero attached hydrogens (tertiary/aromatic N) is 1. The van der Waals surface area contributed by atoms with Gasteiger partial charge >= 0.3 is 6.09 Å². The lowest BCUT2D eigenvalue weighted by Gasteiger charge is -2.19. The van der Waals surface area contributed by atoms with E-state index >= 15 is 0 Å². The molecule has 0 bridgehead atoms. The lowest BCUT2D eigenvalue weighted by Crippen LogP contribution is -2.32. The fourth-order valence-electron chi connectivity index (χ4n) is 3.67. The van der Waals surface area contributed by atoms with Gasteiger partial charge in [0.25, 0.3) is 0 Å². The summed E-state index contributed by atoms with van der Waals surface area (Å²) in [5.41, 5.74) is 3.05. The first-order valence-corrected chi connectivity index (χ1v) is 13.8. The van der Waals surface area contributed by atoms with Crippen molar-refractivity contribution in [3.8, 4) is 22.6 Å². The van der Waals surface area contributed by atoms with Gasteiger partial charge in [0.2, 0.25) is 0 Å². The van der Waals surface area contributed by atoms with Gasteiger partial charge in [-0.05, 0) is 91.9 Å². The van der Waals surface area contributed by atoms with Crippen molar-refractivity contribution >= 4 is 46.4 Å². The van der Waals surface area contributed by atoms with Gasteiger partial charge in [0.15, 0.2) is 0 Å². The van der Waals surface area contributed by atoms with Crippen LogP contribution in [0.3, 0.4) is 0 Å². The van der Waals surface area contributed by atoms with Gasteiger partial charge in [0.05, 0.1) is 16.4 Å². The summed E-state index contributed by atoms with van der Waals surface area (Å²) in [5.74, 6) is 0.408. The van der Waals surface area contributed by atoms with Crippen molar-refractivity contribution in [1.29, 1.82) is 0 Å². The van der Waals surface area contributed by atoms with Gasteiger partial charge < -0.3 is 15.0 Å². The van der Waals surface area contributed by atoms with Crippen LogP contribution in [-0.2, 0) is 11.2 Å². The summed E-state index contributed by atoms with van der Waals surface area (Å²) < 4.78 is 19.6. The molecule has 3 aromatic rings. The number of thiol groups is 1. The molecule has 1 amide bonds. The van der Waals surface area contributed by atoms with Crippen LogP contribution in [0, 0.1) is 5.82 Å². The number of imidazole rings is 1. The Morgan fingerprint density at radius 2 is 1.78 bits per heavy atom. The second kappa shape index (κ2) is 15.4. The molecule has 4 N–H and O–H groups in total. The van der Waals surface area contributed by atoms with Crippen LogP contribution in [0.25, 0.3) is 22.6 Å². The van der Waals surface area contributed by atoms with E-state index in [9.17, 15) is 9.18 Å². The van der Waals surface area contributed by atoms with Gasteiger partial charge in [0, 0.05) is 22.7 Å². The minimum atomic E-state index is -0.471. The Bertz CT molecular complexity index is 1150. The Balaban J connectivity index is 0.00000235. The topological polar surface area (TPSA) is 93.0 Å². The van der Waals surface area contributed by atoms with E-state index in [1.54, 1.807) is 12.3 Å². The molecule has 6 nitrogen and oxygen atoms in total. The quantitative estimate of drug-likeness (QED) is 0.137. The maximum atomic E-state index is 13.9. The van der Waals surface area contributed by atoms with Crippen LogP contribution in [-0.4, -0.2) is 28.2 Å². The van der Waals surface area contributed by atoms with Gasteiger partial charge in [0.1, 0.15) is 17.2 Å². The first-order chi connectivity index (χ1) is 17.6. The minimum absolute atomic E-state index is 0.313. The molecule has 0 fully saturated rings. The normalized spacial score (nSPS) is 11.0. The van der Waals surface area contributed by atoms with Gasteiger partial charge in [-0.2, -0.15) is 0 Å². The number of hydrogen-bond acceptors (Lipinski definition) is 5. The zero-order valence-corrected chi connectivity index (χ0v) is 24.6. The Hall–Kier alpha value is -2.07. The molecule has 0 atom stereocenters. The number of nitrogens with one attached hydrogen (secondary N) is 2.